The lowest BCUT2D eigenvalue weighted by Crippen LogP contribution is -2.51. The van der Waals surface area contributed by atoms with Gasteiger partial charge in [-0.25, -0.2) is 5.01 Å². The number of fused-ring (bicyclic) bond motifs is 1. The maximum absolute atomic E-state index is 5.36. The molecule has 92 valence electrons. The highest BCUT2D eigenvalue weighted by Crippen LogP contribution is 2.21. The Labute approximate surface area is 103 Å². The van der Waals surface area contributed by atoms with Crippen LogP contribution in [0.15, 0.2) is 24.3 Å². The SMILES string of the molecule is c1ccc2c(c1)CCC(NN1CCOCC1)C2. The van der Waals surface area contributed by atoms with E-state index in [0.29, 0.717) is 6.04 Å². The summed E-state index contributed by atoms with van der Waals surface area (Å²) in [7, 11) is 0. The van der Waals surface area contributed by atoms with E-state index in [9.17, 15) is 0 Å². The number of nitrogens with one attached hydrogen (secondary N) is 1. The van der Waals surface area contributed by atoms with E-state index >= 15 is 0 Å². The molecule has 2 aliphatic rings. The minimum atomic E-state index is 0.600. The third-order valence-electron chi connectivity index (χ3n) is 3.72. The number of aryl methyl sites for hydroxylation is 1. The Morgan fingerprint density at radius 2 is 1.88 bits per heavy atom. The molecule has 0 spiro atoms. The Morgan fingerprint density at radius 3 is 2.71 bits per heavy atom. The van der Waals surface area contributed by atoms with E-state index in [1.54, 1.807) is 0 Å². The number of hydrogen-bond donors (Lipinski definition) is 1. The summed E-state index contributed by atoms with van der Waals surface area (Å²) in [4.78, 5) is 0. The third-order valence-corrected chi connectivity index (χ3v) is 3.72. The second-order valence-corrected chi connectivity index (χ2v) is 4.94. The number of morpholine rings is 1. The third kappa shape index (κ3) is 2.68. The topological polar surface area (TPSA) is 24.5 Å². The molecule has 3 heteroatoms. The molecule has 1 aromatic carbocycles. The second kappa shape index (κ2) is 5.17. The predicted molar refractivity (Wildman–Crippen MR) is 67.8 cm³/mol. The first-order valence-corrected chi connectivity index (χ1v) is 6.57. The lowest BCUT2D eigenvalue weighted by atomic mass is 9.89. The molecule has 0 saturated carbocycles. The Balaban J connectivity index is 1.60. The van der Waals surface area contributed by atoms with Gasteiger partial charge in [-0.2, -0.15) is 0 Å². The summed E-state index contributed by atoms with van der Waals surface area (Å²) in [5.41, 5.74) is 6.70. The van der Waals surface area contributed by atoms with Gasteiger partial charge in [0.25, 0.3) is 0 Å². The smallest absolute Gasteiger partial charge is 0.0608 e. The average Bonchev–Trinajstić information content (AvgIpc) is 2.40. The average molecular weight is 232 g/mol. The molecule has 1 aliphatic carbocycles. The van der Waals surface area contributed by atoms with Crippen LogP contribution in [-0.4, -0.2) is 37.4 Å². The number of hydrogen-bond acceptors (Lipinski definition) is 3. The zero-order valence-electron chi connectivity index (χ0n) is 10.2. The van der Waals surface area contributed by atoms with E-state index in [1.165, 1.54) is 24.0 Å². The predicted octanol–water partition coefficient (Wildman–Crippen LogP) is 1.38. The molecule has 1 heterocycles. The summed E-state index contributed by atoms with van der Waals surface area (Å²) in [5.74, 6) is 0. The molecular formula is C14H20N2O. The largest absolute Gasteiger partial charge is 0.379 e. The van der Waals surface area contributed by atoms with Crippen LogP contribution in [0.3, 0.4) is 0 Å². The molecule has 0 radical (unpaired) electrons. The van der Waals surface area contributed by atoms with E-state index in [1.807, 2.05) is 0 Å². The van der Waals surface area contributed by atoms with Crippen LogP contribution in [0.5, 0.6) is 0 Å². The van der Waals surface area contributed by atoms with Crippen LogP contribution in [0.2, 0.25) is 0 Å². The van der Waals surface area contributed by atoms with Crippen molar-refractivity contribution in [2.75, 3.05) is 26.3 Å². The first kappa shape index (κ1) is 11.2. The normalized spacial score (nSPS) is 25.5. The highest BCUT2D eigenvalue weighted by atomic mass is 16.5. The van der Waals surface area contributed by atoms with Gasteiger partial charge < -0.3 is 4.74 Å². The molecule has 0 amide bonds. The van der Waals surface area contributed by atoms with E-state index < -0.39 is 0 Å². The molecule has 0 bridgehead atoms. The fourth-order valence-corrected chi connectivity index (χ4v) is 2.76. The van der Waals surface area contributed by atoms with Crippen LogP contribution < -0.4 is 5.43 Å². The highest BCUT2D eigenvalue weighted by Gasteiger charge is 2.20. The summed E-state index contributed by atoms with van der Waals surface area (Å²) >= 11 is 0. The van der Waals surface area contributed by atoms with Gasteiger partial charge in [0.05, 0.1) is 13.2 Å². The number of benzene rings is 1. The summed E-state index contributed by atoms with van der Waals surface area (Å²) in [6.45, 7) is 3.74. The van der Waals surface area contributed by atoms with E-state index in [4.69, 9.17) is 4.74 Å². The fraction of sp³-hybridized carbons (Fsp3) is 0.571. The molecule has 3 nitrogen and oxygen atoms in total. The summed E-state index contributed by atoms with van der Waals surface area (Å²) < 4.78 is 5.36. The molecular weight excluding hydrogens is 212 g/mol. The number of ether oxygens (including phenoxy) is 1. The van der Waals surface area contributed by atoms with Gasteiger partial charge in [-0.3, -0.25) is 5.43 Å². The van der Waals surface area contributed by atoms with Crippen LogP contribution in [0.25, 0.3) is 0 Å². The summed E-state index contributed by atoms with van der Waals surface area (Å²) in [6.07, 6.45) is 3.61. The van der Waals surface area contributed by atoms with E-state index in [-0.39, 0.29) is 0 Å². The molecule has 1 aliphatic heterocycles. The number of hydrazine groups is 1. The van der Waals surface area contributed by atoms with E-state index in [0.717, 1.165) is 32.7 Å². The van der Waals surface area contributed by atoms with Crippen molar-refractivity contribution in [3.63, 3.8) is 0 Å². The van der Waals surface area contributed by atoms with Crippen molar-refractivity contribution in [2.45, 2.75) is 25.3 Å². The first-order valence-electron chi connectivity index (χ1n) is 6.57. The number of rotatable bonds is 2. The highest BCUT2D eigenvalue weighted by molar-refractivity contribution is 5.30. The lowest BCUT2D eigenvalue weighted by molar-refractivity contribution is 0.00246. The standard InChI is InChI=1S/C14H20N2O/c1-2-4-13-11-14(6-5-12(13)3-1)15-16-7-9-17-10-8-16/h1-4,14-15H,5-11H2. The van der Waals surface area contributed by atoms with Crippen molar-refractivity contribution < 1.29 is 4.74 Å². The summed E-state index contributed by atoms with van der Waals surface area (Å²) in [5, 5.41) is 2.32. The minimum absolute atomic E-state index is 0.600. The quantitative estimate of drug-likeness (QED) is 0.833. The molecule has 0 aromatic heterocycles. The van der Waals surface area contributed by atoms with Gasteiger partial charge in [-0.05, 0) is 30.4 Å². The van der Waals surface area contributed by atoms with Crippen molar-refractivity contribution in [3.05, 3.63) is 35.4 Å². The fourth-order valence-electron chi connectivity index (χ4n) is 2.76. The molecule has 1 unspecified atom stereocenters. The molecule has 1 N–H and O–H groups in total. The van der Waals surface area contributed by atoms with Crippen molar-refractivity contribution in [1.29, 1.82) is 0 Å². The summed E-state index contributed by atoms with van der Waals surface area (Å²) in [6, 6.07) is 9.43. The van der Waals surface area contributed by atoms with Crippen LogP contribution in [-0.2, 0) is 17.6 Å². The Hall–Kier alpha value is -0.900. The van der Waals surface area contributed by atoms with Gasteiger partial charge in [0.2, 0.25) is 0 Å². The molecule has 1 fully saturated rings. The Morgan fingerprint density at radius 1 is 1.12 bits per heavy atom. The van der Waals surface area contributed by atoms with Crippen LogP contribution in [0.1, 0.15) is 17.5 Å². The van der Waals surface area contributed by atoms with Gasteiger partial charge in [-0.15, -0.1) is 0 Å². The van der Waals surface area contributed by atoms with E-state index in [2.05, 4.69) is 34.7 Å². The van der Waals surface area contributed by atoms with Gasteiger partial charge in [0.1, 0.15) is 0 Å². The van der Waals surface area contributed by atoms with Crippen LogP contribution in [0.4, 0.5) is 0 Å². The maximum Gasteiger partial charge on any atom is 0.0608 e. The van der Waals surface area contributed by atoms with Crippen molar-refractivity contribution in [3.8, 4) is 0 Å². The van der Waals surface area contributed by atoms with Crippen molar-refractivity contribution in [1.82, 2.24) is 10.4 Å². The Bertz CT molecular complexity index is 374. The van der Waals surface area contributed by atoms with Gasteiger partial charge in [0, 0.05) is 19.1 Å². The zero-order valence-corrected chi connectivity index (χ0v) is 10.2. The molecule has 1 saturated heterocycles. The van der Waals surface area contributed by atoms with Crippen molar-refractivity contribution >= 4 is 0 Å². The Kier molecular flexibility index (Phi) is 3.41. The van der Waals surface area contributed by atoms with Crippen molar-refractivity contribution in [2.24, 2.45) is 0 Å². The van der Waals surface area contributed by atoms with Gasteiger partial charge in [0.15, 0.2) is 0 Å². The lowest BCUT2D eigenvalue weighted by Gasteiger charge is -2.34. The zero-order chi connectivity index (χ0) is 11.5. The number of nitrogens with zero attached hydrogens (tertiary/aromatic N) is 1. The molecule has 17 heavy (non-hydrogen) atoms. The van der Waals surface area contributed by atoms with Gasteiger partial charge in [-0.1, -0.05) is 24.3 Å². The van der Waals surface area contributed by atoms with Crippen LogP contribution >= 0.6 is 0 Å². The maximum atomic E-state index is 5.36. The van der Waals surface area contributed by atoms with Gasteiger partial charge >= 0.3 is 0 Å². The molecule has 1 atom stereocenters. The first-order chi connectivity index (χ1) is 8.42. The molecule has 1 aromatic rings. The monoisotopic (exact) mass is 232 g/mol. The minimum Gasteiger partial charge on any atom is -0.379 e. The molecule has 3 rings (SSSR count). The second-order valence-electron chi connectivity index (χ2n) is 4.94. The van der Waals surface area contributed by atoms with Crippen LogP contribution in [0, 0.1) is 0 Å².